The van der Waals surface area contributed by atoms with E-state index < -0.39 is 58.6 Å². The topological polar surface area (TPSA) is 186 Å². The Balaban J connectivity index is 1.43. The molecule has 2 aromatic rings. The van der Waals surface area contributed by atoms with E-state index in [1.165, 1.54) is 18.3 Å². The van der Waals surface area contributed by atoms with Gasteiger partial charge in [-0.3, -0.25) is 28.6 Å². The van der Waals surface area contributed by atoms with Gasteiger partial charge in [0.2, 0.25) is 5.91 Å². The van der Waals surface area contributed by atoms with Gasteiger partial charge in [0.25, 0.3) is 5.91 Å². The molecule has 0 bridgehead atoms. The number of rotatable bonds is 7. The van der Waals surface area contributed by atoms with E-state index in [9.17, 15) is 32.4 Å². The molecule has 15 heteroatoms. The maximum atomic E-state index is 13.0. The number of piperazine rings is 1. The number of carbonyl (C=O) groups is 5. The van der Waals surface area contributed by atoms with Crippen LogP contribution in [0.5, 0.6) is 0 Å². The zero-order valence-corrected chi connectivity index (χ0v) is 20.4. The SMILES string of the molecule is O=C(N[C@H]1CN(S(=O)(=O)O)C1=O)C(NC(=O)N1CCN(N=Cc2ccccc2)C(=O)C1=O)c1ccccc1. The number of nitrogens with one attached hydrogen (secondary N) is 2. The van der Waals surface area contributed by atoms with Crippen molar-refractivity contribution in [2.24, 2.45) is 5.10 Å². The fourth-order valence-electron chi connectivity index (χ4n) is 3.72. The summed E-state index contributed by atoms with van der Waals surface area (Å²) in [6, 6.07) is 13.1. The lowest BCUT2D eigenvalue weighted by Crippen LogP contribution is -2.66. The lowest BCUT2D eigenvalue weighted by molar-refractivity contribution is -0.153. The quantitative estimate of drug-likeness (QED) is 0.177. The summed E-state index contributed by atoms with van der Waals surface area (Å²) in [6.07, 6.45) is 1.40. The number of amides is 6. The Bertz CT molecular complexity index is 1400. The third kappa shape index (κ3) is 5.68. The predicted molar refractivity (Wildman–Crippen MR) is 130 cm³/mol. The van der Waals surface area contributed by atoms with Gasteiger partial charge in [-0.2, -0.15) is 13.5 Å². The molecule has 2 fully saturated rings. The number of hydrazone groups is 1. The zero-order chi connectivity index (χ0) is 27.4. The number of hydrogen-bond donors (Lipinski definition) is 3. The minimum Gasteiger partial charge on any atom is -0.341 e. The van der Waals surface area contributed by atoms with Gasteiger partial charge in [-0.25, -0.2) is 14.1 Å². The molecule has 2 aliphatic heterocycles. The average Bonchev–Trinajstić information content (AvgIpc) is 2.90. The van der Waals surface area contributed by atoms with Gasteiger partial charge in [-0.15, -0.1) is 0 Å². The van der Waals surface area contributed by atoms with Crippen molar-refractivity contribution in [3.05, 3.63) is 71.8 Å². The Morgan fingerprint density at radius 3 is 2.21 bits per heavy atom. The Labute approximate surface area is 216 Å². The van der Waals surface area contributed by atoms with Gasteiger partial charge in [0, 0.05) is 0 Å². The van der Waals surface area contributed by atoms with Crippen molar-refractivity contribution in [2.45, 2.75) is 12.1 Å². The Morgan fingerprint density at radius 1 is 0.974 bits per heavy atom. The predicted octanol–water partition coefficient (Wildman–Crippen LogP) is -0.728. The highest BCUT2D eigenvalue weighted by Crippen LogP contribution is 2.18. The van der Waals surface area contributed by atoms with Crippen molar-refractivity contribution >= 4 is 46.2 Å². The fourth-order valence-corrected chi connectivity index (χ4v) is 4.41. The van der Waals surface area contributed by atoms with Crippen LogP contribution in [-0.4, -0.2) is 88.7 Å². The van der Waals surface area contributed by atoms with Crippen LogP contribution in [0.2, 0.25) is 0 Å². The van der Waals surface area contributed by atoms with E-state index in [-0.39, 0.29) is 17.4 Å². The van der Waals surface area contributed by atoms with Gasteiger partial charge < -0.3 is 10.6 Å². The largest absolute Gasteiger partial charge is 0.362 e. The standard InChI is InChI=1S/C23H22N6O8S/c30-19(25-17-14-29(20(17)31)38(35,36)37)18(16-9-5-2-6-10-16)26-23(34)27-11-12-28(22(33)21(27)32)24-13-15-7-3-1-4-8-15/h1-10,13,17-18H,11-12,14H2,(H,25,30)(H,26,34)(H,35,36,37)/t17-,18?/m0/s1. The molecule has 0 aliphatic carbocycles. The minimum absolute atomic E-state index is 0.0778. The first-order chi connectivity index (χ1) is 18.1. The van der Waals surface area contributed by atoms with Crippen molar-refractivity contribution in [3.8, 4) is 0 Å². The van der Waals surface area contributed by atoms with Crippen LogP contribution in [0.15, 0.2) is 65.8 Å². The molecule has 2 saturated heterocycles. The molecule has 198 valence electrons. The normalized spacial score (nSPS) is 18.8. The molecule has 0 aromatic heterocycles. The molecule has 6 amide bonds. The van der Waals surface area contributed by atoms with Gasteiger partial charge in [0.1, 0.15) is 12.1 Å². The van der Waals surface area contributed by atoms with Crippen molar-refractivity contribution < 1.29 is 36.9 Å². The van der Waals surface area contributed by atoms with Gasteiger partial charge >= 0.3 is 28.1 Å². The molecule has 14 nitrogen and oxygen atoms in total. The maximum Gasteiger partial charge on any atom is 0.362 e. The Kier molecular flexibility index (Phi) is 7.50. The third-order valence-corrected chi connectivity index (χ3v) is 6.63. The van der Waals surface area contributed by atoms with Crippen LogP contribution < -0.4 is 10.6 Å². The average molecular weight is 543 g/mol. The molecule has 38 heavy (non-hydrogen) atoms. The van der Waals surface area contributed by atoms with E-state index in [2.05, 4.69) is 15.7 Å². The van der Waals surface area contributed by atoms with Crippen LogP contribution in [0.3, 0.4) is 0 Å². The highest BCUT2D eigenvalue weighted by atomic mass is 32.2. The summed E-state index contributed by atoms with van der Waals surface area (Å²) in [5.41, 5.74) is 0.996. The molecule has 0 saturated carbocycles. The summed E-state index contributed by atoms with van der Waals surface area (Å²) in [5.74, 6) is -4.11. The smallest absolute Gasteiger partial charge is 0.341 e. The first-order valence-corrected chi connectivity index (χ1v) is 12.6. The number of urea groups is 1. The van der Waals surface area contributed by atoms with E-state index in [1.807, 2.05) is 6.07 Å². The monoisotopic (exact) mass is 542 g/mol. The van der Waals surface area contributed by atoms with E-state index >= 15 is 0 Å². The first kappa shape index (κ1) is 26.4. The highest BCUT2D eigenvalue weighted by molar-refractivity contribution is 7.84. The number of nitrogens with zero attached hydrogens (tertiary/aromatic N) is 4. The van der Waals surface area contributed by atoms with Crippen LogP contribution in [-0.2, 0) is 29.5 Å². The van der Waals surface area contributed by atoms with Crippen LogP contribution in [0, 0.1) is 0 Å². The maximum absolute atomic E-state index is 13.0. The second-order valence-corrected chi connectivity index (χ2v) is 9.58. The lowest BCUT2D eigenvalue weighted by atomic mass is 10.0. The molecule has 2 aromatic carbocycles. The summed E-state index contributed by atoms with van der Waals surface area (Å²) in [4.78, 5) is 63.8. The van der Waals surface area contributed by atoms with Crippen LogP contribution in [0.4, 0.5) is 4.79 Å². The second kappa shape index (κ2) is 10.8. The van der Waals surface area contributed by atoms with Crippen molar-refractivity contribution in [1.29, 1.82) is 0 Å². The number of β-lactam (4-membered cyclic amide) rings is 1. The molecule has 4 rings (SSSR count). The lowest BCUT2D eigenvalue weighted by Gasteiger charge is -2.36. The van der Waals surface area contributed by atoms with Crippen LogP contribution in [0.1, 0.15) is 17.2 Å². The van der Waals surface area contributed by atoms with Crippen molar-refractivity contribution in [3.63, 3.8) is 0 Å². The Morgan fingerprint density at radius 2 is 1.61 bits per heavy atom. The summed E-state index contributed by atoms with van der Waals surface area (Å²) in [5, 5.41) is 9.65. The van der Waals surface area contributed by atoms with E-state index in [0.717, 1.165) is 5.01 Å². The van der Waals surface area contributed by atoms with E-state index in [0.29, 0.717) is 16.0 Å². The second-order valence-electron chi connectivity index (χ2n) is 8.24. The van der Waals surface area contributed by atoms with Crippen LogP contribution in [0.25, 0.3) is 0 Å². The molecule has 2 atom stereocenters. The van der Waals surface area contributed by atoms with Crippen molar-refractivity contribution in [1.82, 2.24) is 24.8 Å². The molecule has 2 aliphatic rings. The highest BCUT2D eigenvalue weighted by Gasteiger charge is 2.45. The molecule has 0 spiro atoms. The minimum atomic E-state index is -4.75. The summed E-state index contributed by atoms with van der Waals surface area (Å²) >= 11 is 0. The van der Waals surface area contributed by atoms with Crippen LogP contribution >= 0.6 is 0 Å². The molecule has 1 unspecified atom stereocenters. The van der Waals surface area contributed by atoms with E-state index in [4.69, 9.17) is 4.55 Å². The molecule has 3 N–H and O–H groups in total. The van der Waals surface area contributed by atoms with Crippen molar-refractivity contribution in [2.75, 3.05) is 19.6 Å². The molecular formula is C23H22N6O8S. The third-order valence-electron chi connectivity index (χ3n) is 5.74. The molecule has 2 heterocycles. The summed E-state index contributed by atoms with van der Waals surface area (Å²) < 4.78 is 31.5. The summed E-state index contributed by atoms with van der Waals surface area (Å²) in [6.45, 7) is -0.765. The van der Waals surface area contributed by atoms with Gasteiger partial charge in [0.05, 0.1) is 25.8 Å². The fraction of sp³-hybridized carbons (Fsp3) is 0.217. The van der Waals surface area contributed by atoms with Gasteiger partial charge in [-0.1, -0.05) is 60.7 Å². The Hall–Kier alpha value is -4.63. The molecular weight excluding hydrogens is 520 g/mol. The summed E-state index contributed by atoms with van der Waals surface area (Å²) in [7, 11) is -4.75. The number of carbonyl (C=O) groups excluding carboxylic acids is 5. The molecule has 0 radical (unpaired) electrons. The number of benzene rings is 2. The zero-order valence-electron chi connectivity index (χ0n) is 19.6. The van der Waals surface area contributed by atoms with E-state index in [1.54, 1.807) is 42.5 Å². The van der Waals surface area contributed by atoms with Gasteiger partial charge in [0.15, 0.2) is 0 Å². The van der Waals surface area contributed by atoms with Gasteiger partial charge in [-0.05, 0) is 11.1 Å². The number of hydrogen-bond acceptors (Lipinski definition) is 8. The first-order valence-electron chi connectivity index (χ1n) is 11.2. The number of imide groups is 1.